The van der Waals surface area contributed by atoms with Crippen molar-refractivity contribution in [2.24, 2.45) is 5.92 Å². The van der Waals surface area contributed by atoms with Crippen LogP contribution in [0, 0.1) is 5.92 Å². The second-order valence-electron chi connectivity index (χ2n) is 11.9. The van der Waals surface area contributed by atoms with Crippen LogP contribution >= 0.6 is 0 Å². The van der Waals surface area contributed by atoms with Crippen LogP contribution in [0.5, 0.6) is 0 Å². The number of hydrogen-bond acceptors (Lipinski definition) is 11. The summed E-state index contributed by atoms with van der Waals surface area (Å²) < 4.78 is 50.4. The highest BCUT2D eigenvalue weighted by atomic mass is 32.2. The molecule has 0 radical (unpaired) electrons. The number of nitrogens with one attached hydrogen (secondary N) is 3. The molecule has 5 atom stereocenters. The Bertz CT molecular complexity index is 1650. The fourth-order valence-electron chi connectivity index (χ4n) is 6.13. The van der Waals surface area contributed by atoms with Crippen LogP contribution in [-0.2, 0) is 40.2 Å². The van der Waals surface area contributed by atoms with Gasteiger partial charge in [0.25, 0.3) is 10.0 Å². The molecule has 2 saturated heterocycles. The van der Waals surface area contributed by atoms with Gasteiger partial charge >= 0.3 is 12.2 Å². The summed E-state index contributed by atoms with van der Waals surface area (Å²) in [6.07, 6.45) is -0.153. The monoisotopic (exact) mass is 673 g/mol. The molecule has 0 spiro atoms. The molecule has 1 unspecified atom stereocenters. The van der Waals surface area contributed by atoms with Gasteiger partial charge in [-0.05, 0) is 49.4 Å². The maximum atomic E-state index is 14.1. The van der Waals surface area contributed by atoms with Crippen molar-refractivity contribution >= 4 is 39.2 Å². The number of H-pyrrole nitrogens is 1. The maximum absolute atomic E-state index is 14.1. The van der Waals surface area contributed by atoms with E-state index in [1.807, 2.05) is 30.3 Å². The number of amides is 2. The van der Waals surface area contributed by atoms with Crippen molar-refractivity contribution in [1.29, 1.82) is 0 Å². The van der Waals surface area contributed by atoms with Crippen LogP contribution in [0.4, 0.5) is 15.5 Å². The molecular formula is C31H39N5O10S. The third kappa shape index (κ3) is 7.85. The quantitative estimate of drug-likeness (QED) is 0.207. The van der Waals surface area contributed by atoms with Gasteiger partial charge in [0.05, 0.1) is 67.0 Å². The number of aromatic amines is 1. The normalized spacial score (nSPS) is 22.7. The van der Waals surface area contributed by atoms with Crippen LogP contribution in [0.2, 0.25) is 0 Å². The zero-order valence-corrected chi connectivity index (χ0v) is 26.7. The lowest BCUT2D eigenvalue weighted by Gasteiger charge is -2.31. The molecule has 1 aliphatic carbocycles. The number of methoxy groups -OCH3 is 1. The third-order valence-corrected chi connectivity index (χ3v) is 10.3. The molecule has 4 N–H and O–H groups in total. The predicted molar refractivity (Wildman–Crippen MR) is 166 cm³/mol. The molecule has 2 aromatic carbocycles. The number of ether oxygens (including phenoxy) is 4. The molecule has 1 aromatic heterocycles. The van der Waals surface area contributed by atoms with Crippen LogP contribution in [0.1, 0.15) is 37.7 Å². The highest BCUT2D eigenvalue weighted by Crippen LogP contribution is 2.33. The molecule has 0 bridgehead atoms. The number of imidazole rings is 1. The Morgan fingerprint density at radius 2 is 1.89 bits per heavy atom. The van der Waals surface area contributed by atoms with Gasteiger partial charge in [0.15, 0.2) is 6.29 Å². The van der Waals surface area contributed by atoms with Crippen molar-refractivity contribution in [2.75, 3.05) is 32.2 Å². The summed E-state index contributed by atoms with van der Waals surface area (Å²) in [5.74, 6) is 0.00983. The van der Waals surface area contributed by atoms with Crippen molar-refractivity contribution in [3.05, 3.63) is 54.1 Å². The molecule has 2 aliphatic heterocycles. The van der Waals surface area contributed by atoms with E-state index < -0.39 is 53.3 Å². The Morgan fingerprint density at radius 3 is 2.66 bits per heavy atom. The Balaban J connectivity index is 1.22. The first-order chi connectivity index (χ1) is 22.7. The van der Waals surface area contributed by atoms with Crippen LogP contribution in [-0.4, -0.2) is 97.7 Å². The number of benzene rings is 2. The summed E-state index contributed by atoms with van der Waals surface area (Å²) in [5.41, 5.74) is 1.57. The van der Waals surface area contributed by atoms with Gasteiger partial charge in [-0.25, -0.2) is 23.0 Å². The minimum absolute atomic E-state index is 0.0714. The Kier molecular flexibility index (Phi) is 10.2. The molecule has 3 fully saturated rings. The van der Waals surface area contributed by atoms with Gasteiger partial charge in [-0.3, -0.25) is 10.2 Å². The van der Waals surface area contributed by atoms with Gasteiger partial charge in [0.1, 0.15) is 6.10 Å². The first-order valence-corrected chi connectivity index (χ1v) is 17.1. The van der Waals surface area contributed by atoms with E-state index in [2.05, 4.69) is 25.3 Å². The van der Waals surface area contributed by atoms with E-state index in [-0.39, 0.29) is 41.4 Å². The maximum Gasteiger partial charge on any atom is 0.413 e. The molecule has 254 valence electrons. The van der Waals surface area contributed by atoms with Crippen LogP contribution in [0.15, 0.2) is 53.4 Å². The van der Waals surface area contributed by atoms with Crippen molar-refractivity contribution in [2.45, 2.75) is 74.1 Å². The lowest BCUT2D eigenvalue weighted by Crippen LogP contribution is -2.51. The van der Waals surface area contributed by atoms with E-state index in [1.165, 1.54) is 25.3 Å². The van der Waals surface area contributed by atoms with Gasteiger partial charge in [-0.2, -0.15) is 0 Å². The number of anilines is 1. The van der Waals surface area contributed by atoms with E-state index in [1.54, 1.807) is 0 Å². The summed E-state index contributed by atoms with van der Waals surface area (Å²) in [7, 11) is -3.13. The molecule has 47 heavy (non-hydrogen) atoms. The van der Waals surface area contributed by atoms with Crippen LogP contribution in [0.3, 0.4) is 0 Å². The molecule has 3 heterocycles. The fourth-order valence-corrected chi connectivity index (χ4v) is 7.45. The van der Waals surface area contributed by atoms with Crippen molar-refractivity contribution < 1.29 is 46.9 Å². The highest BCUT2D eigenvalue weighted by molar-refractivity contribution is 7.89. The van der Waals surface area contributed by atoms with E-state index in [9.17, 15) is 23.1 Å². The van der Waals surface area contributed by atoms with Crippen molar-refractivity contribution in [3.8, 4) is 0 Å². The number of rotatable bonds is 12. The Labute approximate surface area is 271 Å². The molecular weight excluding hydrogens is 634 g/mol. The van der Waals surface area contributed by atoms with E-state index in [0.29, 0.717) is 31.4 Å². The number of hydrogen-bond donors (Lipinski definition) is 4. The van der Waals surface area contributed by atoms with E-state index in [0.717, 1.165) is 22.9 Å². The average Bonchev–Trinajstić information content (AvgIpc) is 3.87. The number of hydroxylamine groups is 1. The number of sulfonamides is 1. The Hall–Kier alpha value is -3.80. The van der Waals surface area contributed by atoms with Gasteiger partial charge in [0.2, 0.25) is 5.95 Å². The molecule has 2 amide bonds. The number of fused-ring (bicyclic) bond motifs is 2. The fraction of sp³-hybridized carbons (Fsp3) is 0.516. The number of carbonyl (C=O) groups is 2. The van der Waals surface area contributed by atoms with Gasteiger partial charge in [-0.15, -0.1) is 0 Å². The third-order valence-electron chi connectivity index (χ3n) is 8.64. The summed E-state index contributed by atoms with van der Waals surface area (Å²) in [6, 6.07) is 12.5. The summed E-state index contributed by atoms with van der Waals surface area (Å²) in [5, 5.41) is 16.8. The molecule has 3 aromatic rings. The smallest absolute Gasteiger partial charge is 0.413 e. The lowest BCUT2D eigenvalue weighted by molar-refractivity contribution is -0.145. The van der Waals surface area contributed by atoms with E-state index >= 15 is 0 Å². The average molecular weight is 674 g/mol. The number of nitrogens with zero attached hydrogens (tertiary/aromatic N) is 2. The minimum Gasteiger partial charge on any atom is -0.453 e. The van der Waals surface area contributed by atoms with Crippen LogP contribution < -0.4 is 10.6 Å². The second kappa shape index (κ2) is 14.5. The zero-order valence-electron chi connectivity index (χ0n) is 25.9. The number of aliphatic hydroxyl groups is 1. The highest BCUT2D eigenvalue weighted by Gasteiger charge is 2.44. The first-order valence-electron chi connectivity index (χ1n) is 15.7. The van der Waals surface area contributed by atoms with Gasteiger partial charge in [0, 0.05) is 0 Å². The molecule has 3 aliphatic rings. The van der Waals surface area contributed by atoms with Gasteiger partial charge < -0.3 is 34.4 Å². The largest absolute Gasteiger partial charge is 0.453 e. The number of aliphatic hydroxyl groups excluding tert-OH is 1. The van der Waals surface area contributed by atoms with E-state index in [4.69, 9.17) is 19.0 Å². The zero-order chi connectivity index (χ0) is 33.0. The topological polar surface area (TPSA) is 191 Å². The van der Waals surface area contributed by atoms with Crippen LogP contribution in [0.25, 0.3) is 11.0 Å². The predicted octanol–water partition coefficient (Wildman–Crippen LogP) is 3.07. The minimum atomic E-state index is -4.35. The summed E-state index contributed by atoms with van der Waals surface area (Å²) in [4.78, 5) is 37.8. The van der Waals surface area contributed by atoms with Gasteiger partial charge in [-0.1, -0.05) is 47.6 Å². The number of alkyl carbamates (subject to hydrolysis) is 1. The lowest BCUT2D eigenvalue weighted by atomic mass is 10.0. The number of carbonyl (C=O) groups excluding carboxylic acids is 2. The van der Waals surface area contributed by atoms with Crippen molar-refractivity contribution in [3.63, 3.8) is 0 Å². The molecule has 6 rings (SSSR count). The molecule has 15 nitrogen and oxygen atoms in total. The number of aromatic nitrogens is 2. The van der Waals surface area contributed by atoms with Crippen molar-refractivity contribution in [1.82, 2.24) is 19.8 Å². The first kappa shape index (κ1) is 33.1. The standard InChI is InChI=1S/C31H39N5O10S/c1-42-30(38)35-29-32-23-12-11-21(16-24(23)33-29)47(40,41)36(46-20-9-5-6-10-20)17-26(37)25(15-19-7-3-2-4-8-19)34-31(39)45-27-18-44-28-22(27)13-14-43-28/h2-4,7-8,11-12,16,20,22,25-28,37H,5-6,9-10,13-15,17-18H2,1H3,(H,34,39)(H2,32,33,35,38)/t22-,25-,26+,27?,28+/m0/s1. The molecule has 16 heteroatoms. The summed E-state index contributed by atoms with van der Waals surface area (Å²) >= 11 is 0. The Morgan fingerprint density at radius 1 is 1.11 bits per heavy atom. The molecule has 1 saturated carbocycles. The second-order valence-corrected chi connectivity index (χ2v) is 13.7. The summed E-state index contributed by atoms with van der Waals surface area (Å²) in [6.45, 7) is 0.252. The SMILES string of the molecule is COC(=O)Nc1nc2cc(S(=O)(=O)N(C[C@@H](O)[C@H](Cc3ccccc3)NC(=O)OC3CO[C@H]4OCC[C@@H]34)OC3CCCC3)ccc2[nH]1.